The highest BCUT2D eigenvalue weighted by Crippen LogP contribution is 2.32. The molecule has 0 aliphatic carbocycles. The number of nitrogens with one attached hydrogen (secondary N) is 1. The van der Waals surface area contributed by atoms with Crippen LogP contribution >= 0.6 is 0 Å². The minimum atomic E-state index is -1.08. The number of nitrogens with zero attached hydrogens (tertiary/aromatic N) is 1. The van der Waals surface area contributed by atoms with E-state index in [0.29, 0.717) is 5.69 Å². The molecule has 3 rings (SSSR count). The molecule has 0 unspecified atom stereocenters. The molecule has 0 saturated heterocycles. The molecule has 0 spiro atoms. The molecule has 4 heteroatoms. The van der Waals surface area contributed by atoms with Gasteiger partial charge in [-0.15, -0.1) is 0 Å². The third kappa shape index (κ3) is 2.19. The highest BCUT2D eigenvalue weighted by atomic mass is 16.4. The van der Waals surface area contributed by atoms with Gasteiger partial charge < -0.3 is 5.11 Å². The van der Waals surface area contributed by atoms with Crippen molar-refractivity contribution in [1.29, 1.82) is 0 Å². The third-order valence-corrected chi connectivity index (χ3v) is 3.09. The van der Waals surface area contributed by atoms with E-state index < -0.39 is 6.09 Å². The van der Waals surface area contributed by atoms with E-state index in [9.17, 15) is 4.79 Å². The molecule has 1 aromatic heterocycles. The van der Waals surface area contributed by atoms with Crippen molar-refractivity contribution in [2.45, 2.75) is 0 Å². The zero-order valence-corrected chi connectivity index (χ0v) is 10.6. The maximum absolute atomic E-state index is 10.9. The van der Waals surface area contributed by atoms with Gasteiger partial charge in [0.2, 0.25) is 0 Å². The van der Waals surface area contributed by atoms with Crippen molar-refractivity contribution in [3.63, 3.8) is 0 Å². The Kier molecular flexibility index (Phi) is 3.05. The molecule has 0 aliphatic rings. The molecule has 98 valence electrons. The summed E-state index contributed by atoms with van der Waals surface area (Å²) in [6, 6.07) is 17.0. The summed E-state index contributed by atoms with van der Waals surface area (Å²) in [5, 5.41) is 12.4. The molecular formula is C16H12N2O2. The lowest BCUT2D eigenvalue weighted by molar-refractivity contribution is 0.210. The minimum Gasteiger partial charge on any atom is -0.465 e. The topological polar surface area (TPSA) is 62.2 Å². The average Bonchev–Trinajstić information content (AvgIpc) is 2.47. The fourth-order valence-electron chi connectivity index (χ4n) is 2.26. The first kappa shape index (κ1) is 12.2. The predicted molar refractivity (Wildman–Crippen MR) is 78.8 cm³/mol. The average molecular weight is 264 g/mol. The Labute approximate surface area is 115 Å². The molecule has 0 atom stereocenters. The largest absolute Gasteiger partial charge is 0.465 e. The zero-order chi connectivity index (χ0) is 13.9. The lowest BCUT2D eigenvalue weighted by atomic mass is 10.0. The lowest BCUT2D eigenvalue weighted by Crippen LogP contribution is -2.08. The number of hydrogen-bond donors (Lipinski definition) is 2. The number of amides is 1. The molecule has 1 amide bonds. The molecule has 1 heterocycles. The maximum Gasteiger partial charge on any atom is 0.409 e. The van der Waals surface area contributed by atoms with Crippen molar-refractivity contribution in [1.82, 2.24) is 4.98 Å². The number of para-hydroxylation sites is 2. The number of pyridine rings is 1. The second-order valence-corrected chi connectivity index (χ2v) is 4.36. The van der Waals surface area contributed by atoms with Gasteiger partial charge in [0.25, 0.3) is 0 Å². The van der Waals surface area contributed by atoms with Gasteiger partial charge in [-0.1, -0.05) is 42.5 Å². The number of carboxylic acid groups (broad SMARTS) is 1. The quantitative estimate of drug-likeness (QED) is 0.735. The van der Waals surface area contributed by atoms with Crippen LogP contribution in [0.5, 0.6) is 0 Å². The molecule has 0 saturated carbocycles. The highest BCUT2D eigenvalue weighted by molar-refractivity contribution is 5.99. The van der Waals surface area contributed by atoms with Gasteiger partial charge in [-0.3, -0.25) is 10.3 Å². The van der Waals surface area contributed by atoms with E-state index in [-0.39, 0.29) is 0 Å². The van der Waals surface area contributed by atoms with Crippen LogP contribution in [0.1, 0.15) is 0 Å². The van der Waals surface area contributed by atoms with Gasteiger partial charge in [-0.05, 0) is 12.1 Å². The van der Waals surface area contributed by atoms with Crippen LogP contribution in [0.25, 0.3) is 22.0 Å². The second kappa shape index (κ2) is 5.01. The normalized spacial score (nSPS) is 10.4. The molecule has 0 radical (unpaired) electrons. The van der Waals surface area contributed by atoms with Crippen molar-refractivity contribution in [3.8, 4) is 11.1 Å². The summed E-state index contributed by atoms with van der Waals surface area (Å²) in [7, 11) is 0. The summed E-state index contributed by atoms with van der Waals surface area (Å²) in [5.41, 5.74) is 3.14. The summed E-state index contributed by atoms with van der Waals surface area (Å²) in [5.74, 6) is 0. The van der Waals surface area contributed by atoms with Gasteiger partial charge in [0.1, 0.15) is 0 Å². The molecule has 2 aromatic carbocycles. The summed E-state index contributed by atoms with van der Waals surface area (Å²) in [4.78, 5) is 15.3. The van der Waals surface area contributed by atoms with Crippen LogP contribution in [0.4, 0.5) is 10.5 Å². The van der Waals surface area contributed by atoms with Crippen LogP contribution in [0.15, 0.2) is 60.8 Å². The standard InChI is InChI=1S/C16H12N2O2/c19-16(20)18-14-9-2-1-7-12(14)13-8-3-5-11-6-4-10-17-15(11)13/h1-10,18H,(H,19,20). The first-order valence-electron chi connectivity index (χ1n) is 6.19. The van der Waals surface area contributed by atoms with Crippen LogP contribution in [-0.4, -0.2) is 16.2 Å². The fourth-order valence-corrected chi connectivity index (χ4v) is 2.26. The van der Waals surface area contributed by atoms with E-state index in [4.69, 9.17) is 5.11 Å². The Balaban J connectivity index is 2.23. The van der Waals surface area contributed by atoms with E-state index in [1.54, 1.807) is 18.3 Å². The van der Waals surface area contributed by atoms with Gasteiger partial charge in [0, 0.05) is 22.7 Å². The van der Waals surface area contributed by atoms with Crippen molar-refractivity contribution in [3.05, 3.63) is 60.8 Å². The molecule has 3 aromatic rings. The second-order valence-electron chi connectivity index (χ2n) is 4.36. The molecule has 20 heavy (non-hydrogen) atoms. The Bertz CT molecular complexity index is 779. The Morgan fingerprint density at radius 1 is 0.950 bits per heavy atom. The zero-order valence-electron chi connectivity index (χ0n) is 10.6. The number of aromatic nitrogens is 1. The third-order valence-electron chi connectivity index (χ3n) is 3.09. The van der Waals surface area contributed by atoms with Crippen molar-refractivity contribution in [2.24, 2.45) is 0 Å². The summed E-state index contributed by atoms with van der Waals surface area (Å²) < 4.78 is 0. The van der Waals surface area contributed by atoms with Crippen molar-refractivity contribution >= 4 is 22.7 Å². The molecule has 0 fully saturated rings. The van der Waals surface area contributed by atoms with Crippen LogP contribution in [0.3, 0.4) is 0 Å². The highest BCUT2D eigenvalue weighted by Gasteiger charge is 2.10. The number of fused-ring (bicyclic) bond motifs is 1. The lowest BCUT2D eigenvalue weighted by Gasteiger charge is -2.11. The van der Waals surface area contributed by atoms with E-state index in [2.05, 4.69) is 10.3 Å². The van der Waals surface area contributed by atoms with Gasteiger partial charge in [-0.2, -0.15) is 0 Å². The van der Waals surface area contributed by atoms with Crippen LogP contribution in [0.2, 0.25) is 0 Å². The summed E-state index contributed by atoms with van der Waals surface area (Å²) >= 11 is 0. The van der Waals surface area contributed by atoms with Crippen molar-refractivity contribution in [2.75, 3.05) is 5.32 Å². The first-order chi connectivity index (χ1) is 9.75. The fraction of sp³-hybridized carbons (Fsp3) is 0. The van der Waals surface area contributed by atoms with Gasteiger partial charge in [0.15, 0.2) is 0 Å². The minimum absolute atomic E-state index is 0.554. The molecule has 0 bridgehead atoms. The van der Waals surface area contributed by atoms with Crippen LogP contribution in [0, 0.1) is 0 Å². The Hall–Kier alpha value is -2.88. The van der Waals surface area contributed by atoms with Crippen molar-refractivity contribution < 1.29 is 9.90 Å². The molecule has 2 N–H and O–H groups in total. The predicted octanol–water partition coefficient (Wildman–Crippen LogP) is 3.99. The van der Waals surface area contributed by atoms with E-state index in [1.165, 1.54) is 0 Å². The smallest absolute Gasteiger partial charge is 0.409 e. The van der Waals surface area contributed by atoms with E-state index in [0.717, 1.165) is 22.0 Å². The number of hydrogen-bond acceptors (Lipinski definition) is 2. The van der Waals surface area contributed by atoms with Gasteiger partial charge in [0.05, 0.1) is 11.2 Å². The van der Waals surface area contributed by atoms with Gasteiger partial charge >= 0.3 is 6.09 Å². The van der Waals surface area contributed by atoms with Crippen LogP contribution < -0.4 is 5.32 Å². The number of rotatable bonds is 2. The molecule has 0 aliphatic heterocycles. The summed E-state index contributed by atoms with van der Waals surface area (Å²) in [6.07, 6.45) is 0.657. The number of carbonyl (C=O) groups is 1. The van der Waals surface area contributed by atoms with E-state index in [1.807, 2.05) is 42.5 Å². The SMILES string of the molecule is O=C(O)Nc1ccccc1-c1cccc2cccnc12. The number of benzene rings is 2. The molecular weight excluding hydrogens is 252 g/mol. The first-order valence-corrected chi connectivity index (χ1v) is 6.19. The monoisotopic (exact) mass is 264 g/mol. The molecule has 4 nitrogen and oxygen atoms in total. The number of anilines is 1. The Morgan fingerprint density at radius 3 is 2.55 bits per heavy atom. The summed E-state index contributed by atoms with van der Waals surface area (Å²) in [6.45, 7) is 0. The van der Waals surface area contributed by atoms with E-state index >= 15 is 0 Å². The Morgan fingerprint density at radius 2 is 1.70 bits per heavy atom. The maximum atomic E-state index is 10.9. The van der Waals surface area contributed by atoms with Crippen LogP contribution in [-0.2, 0) is 0 Å². The van der Waals surface area contributed by atoms with Gasteiger partial charge in [-0.25, -0.2) is 4.79 Å².